The van der Waals surface area contributed by atoms with Crippen molar-refractivity contribution in [3.05, 3.63) is 12.7 Å². The molecule has 0 fully saturated rings. The summed E-state index contributed by atoms with van der Waals surface area (Å²) in [7, 11) is -1.61. The summed E-state index contributed by atoms with van der Waals surface area (Å²) in [4.78, 5) is 0. The van der Waals surface area contributed by atoms with E-state index >= 15 is 0 Å². The minimum Gasteiger partial charge on any atom is -0.410 e. The third-order valence-corrected chi connectivity index (χ3v) is 7.81. The van der Waals surface area contributed by atoms with E-state index in [1.807, 2.05) is 6.08 Å². The van der Waals surface area contributed by atoms with E-state index in [4.69, 9.17) is 4.43 Å². The first kappa shape index (κ1) is 13.4. The van der Waals surface area contributed by atoms with Gasteiger partial charge in [0.05, 0.1) is 6.10 Å². The minimum atomic E-state index is -1.61. The van der Waals surface area contributed by atoms with Crippen molar-refractivity contribution in [3.8, 4) is 0 Å². The van der Waals surface area contributed by atoms with E-state index < -0.39 is 8.32 Å². The summed E-state index contributed by atoms with van der Waals surface area (Å²) < 4.78 is 6.07. The number of hydrogen-bond acceptors (Lipinski definition) is 1. The minimum absolute atomic E-state index is 0.154. The van der Waals surface area contributed by atoms with Crippen LogP contribution in [-0.4, -0.2) is 19.8 Å². The zero-order chi connectivity index (χ0) is 10.7. The van der Waals surface area contributed by atoms with Crippen molar-refractivity contribution in [3.63, 3.8) is 0 Å². The van der Waals surface area contributed by atoms with Crippen LogP contribution in [0.3, 0.4) is 0 Å². The van der Waals surface area contributed by atoms with Crippen LogP contribution in [-0.2, 0) is 4.43 Å². The second kappa shape index (κ2) is 4.76. The van der Waals surface area contributed by atoms with Crippen LogP contribution >= 0.6 is 15.9 Å². The van der Waals surface area contributed by atoms with Gasteiger partial charge in [0.25, 0.3) is 0 Å². The van der Waals surface area contributed by atoms with Gasteiger partial charge in [-0.2, -0.15) is 0 Å². The fourth-order valence-corrected chi connectivity index (χ4v) is 2.63. The van der Waals surface area contributed by atoms with E-state index in [9.17, 15) is 0 Å². The predicted molar refractivity (Wildman–Crippen MR) is 66.1 cm³/mol. The van der Waals surface area contributed by atoms with E-state index in [0.29, 0.717) is 0 Å². The molecule has 3 heteroatoms. The molecule has 0 rings (SSSR count). The van der Waals surface area contributed by atoms with Crippen LogP contribution in [0.1, 0.15) is 20.8 Å². The van der Waals surface area contributed by atoms with Crippen molar-refractivity contribution in [2.75, 3.05) is 5.33 Å². The quantitative estimate of drug-likeness (QED) is 0.425. The largest absolute Gasteiger partial charge is 0.410 e. The van der Waals surface area contributed by atoms with Crippen molar-refractivity contribution in [2.24, 2.45) is 0 Å². The molecule has 1 atom stereocenters. The molecule has 0 aliphatic heterocycles. The molecule has 0 spiro atoms. The molecule has 0 bridgehead atoms. The lowest BCUT2D eigenvalue weighted by Crippen LogP contribution is -2.43. The molecule has 0 aliphatic rings. The molecule has 1 nitrogen and oxygen atoms in total. The molecule has 0 N–H and O–H groups in total. The van der Waals surface area contributed by atoms with Gasteiger partial charge in [0.2, 0.25) is 0 Å². The number of rotatable bonds is 4. The Balaban J connectivity index is 4.40. The summed E-state index contributed by atoms with van der Waals surface area (Å²) in [6.45, 7) is 15.0. The maximum absolute atomic E-state index is 6.07. The van der Waals surface area contributed by atoms with Crippen LogP contribution in [0.4, 0.5) is 0 Å². The summed E-state index contributed by atoms with van der Waals surface area (Å²) in [6.07, 6.45) is 2.02. The smallest absolute Gasteiger partial charge is 0.192 e. The maximum atomic E-state index is 6.07. The number of halogens is 1. The van der Waals surface area contributed by atoms with Crippen LogP contribution < -0.4 is 0 Å². The molecular formula is C10H21BrOSi. The third kappa shape index (κ3) is 3.96. The molecule has 0 aromatic rings. The molecule has 78 valence electrons. The molecular weight excluding hydrogens is 244 g/mol. The summed E-state index contributed by atoms with van der Waals surface area (Å²) in [6, 6.07) is 0. The standard InChI is InChI=1S/C10H21BrOSi/c1-7-9(8-11)12-13(5,6)10(2,3)4/h7,9H,1,8H2,2-6H3/t9-/m0/s1. The first-order valence-corrected chi connectivity index (χ1v) is 8.64. The molecule has 0 saturated heterocycles. The Hall–Kier alpha value is 0.397. The van der Waals surface area contributed by atoms with Crippen LogP contribution in [0.2, 0.25) is 18.1 Å². The van der Waals surface area contributed by atoms with Crippen molar-refractivity contribution < 1.29 is 4.43 Å². The van der Waals surface area contributed by atoms with Gasteiger partial charge in [0.1, 0.15) is 0 Å². The zero-order valence-electron chi connectivity index (χ0n) is 9.36. The van der Waals surface area contributed by atoms with Gasteiger partial charge in [-0.15, -0.1) is 6.58 Å². The normalized spacial score (nSPS) is 15.5. The van der Waals surface area contributed by atoms with E-state index in [0.717, 1.165) is 5.33 Å². The van der Waals surface area contributed by atoms with Crippen molar-refractivity contribution in [1.82, 2.24) is 0 Å². The highest BCUT2D eigenvalue weighted by molar-refractivity contribution is 9.09. The highest BCUT2D eigenvalue weighted by Crippen LogP contribution is 2.37. The van der Waals surface area contributed by atoms with Crippen molar-refractivity contribution in [1.29, 1.82) is 0 Å². The number of alkyl halides is 1. The first-order chi connectivity index (χ1) is 5.74. The fourth-order valence-electron chi connectivity index (χ4n) is 0.698. The molecule has 0 saturated carbocycles. The first-order valence-electron chi connectivity index (χ1n) is 4.61. The highest BCUT2D eigenvalue weighted by Gasteiger charge is 2.38. The molecule has 0 unspecified atom stereocenters. The van der Waals surface area contributed by atoms with E-state index in [1.54, 1.807) is 0 Å². The third-order valence-electron chi connectivity index (χ3n) is 2.67. The lowest BCUT2D eigenvalue weighted by Gasteiger charge is -2.38. The van der Waals surface area contributed by atoms with Gasteiger partial charge in [-0.3, -0.25) is 0 Å². The van der Waals surface area contributed by atoms with E-state index in [-0.39, 0.29) is 11.1 Å². The molecule has 0 aliphatic carbocycles. The Bertz CT molecular complexity index is 172. The summed E-state index contributed by atoms with van der Waals surface area (Å²) >= 11 is 3.42. The van der Waals surface area contributed by atoms with Gasteiger partial charge in [-0.05, 0) is 18.1 Å². The van der Waals surface area contributed by atoms with Gasteiger partial charge >= 0.3 is 0 Å². The highest BCUT2D eigenvalue weighted by atomic mass is 79.9. The Labute approximate surface area is 91.8 Å². The van der Waals surface area contributed by atoms with Crippen LogP contribution in [0.25, 0.3) is 0 Å². The van der Waals surface area contributed by atoms with Gasteiger partial charge < -0.3 is 4.43 Å². The lowest BCUT2D eigenvalue weighted by atomic mass is 10.2. The Morgan fingerprint density at radius 3 is 2.15 bits per heavy atom. The van der Waals surface area contributed by atoms with Crippen molar-refractivity contribution >= 4 is 24.2 Å². The maximum Gasteiger partial charge on any atom is 0.192 e. The monoisotopic (exact) mass is 264 g/mol. The molecule has 0 radical (unpaired) electrons. The lowest BCUT2D eigenvalue weighted by molar-refractivity contribution is 0.249. The predicted octanol–water partition coefficient (Wildman–Crippen LogP) is 3.96. The molecule has 0 aromatic heterocycles. The van der Waals surface area contributed by atoms with Gasteiger partial charge in [-0.25, -0.2) is 0 Å². The second-order valence-corrected chi connectivity index (χ2v) is 10.2. The Morgan fingerprint density at radius 1 is 1.46 bits per heavy atom. The van der Waals surface area contributed by atoms with Crippen LogP contribution in [0, 0.1) is 0 Å². The van der Waals surface area contributed by atoms with Gasteiger partial charge in [-0.1, -0.05) is 42.8 Å². The molecule has 0 aromatic carbocycles. The summed E-state index contributed by atoms with van der Waals surface area (Å²) in [5.74, 6) is 0. The van der Waals surface area contributed by atoms with Crippen LogP contribution in [0.15, 0.2) is 12.7 Å². The molecule has 0 heterocycles. The van der Waals surface area contributed by atoms with Gasteiger partial charge in [0.15, 0.2) is 8.32 Å². The number of hydrogen-bond donors (Lipinski definition) is 0. The topological polar surface area (TPSA) is 9.23 Å². The van der Waals surface area contributed by atoms with Crippen molar-refractivity contribution in [2.45, 2.75) is 45.0 Å². The summed E-state index contributed by atoms with van der Waals surface area (Å²) in [5.41, 5.74) is 0. The molecule has 0 amide bonds. The zero-order valence-corrected chi connectivity index (χ0v) is 11.9. The SMILES string of the molecule is C=C[C@@H](CBr)O[Si](C)(C)C(C)(C)C. The molecule has 13 heavy (non-hydrogen) atoms. The fraction of sp³-hybridized carbons (Fsp3) is 0.800. The van der Waals surface area contributed by atoms with E-state index in [1.165, 1.54) is 0 Å². The average Bonchev–Trinajstić information content (AvgIpc) is 1.98. The second-order valence-electron chi connectivity index (χ2n) is 4.81. The average molecular weight is 265 g/mol. The Morgan fingerprint density at radius 2 is 1.92 bits per heavy atom. The van der Waals surface area contributed by atoms with Crippen LogP contribution in [0.5, 0.6) is 0 Å². The van der Waals surface area contributed by atoms with E-state index in [2.05, 4.69) is 56.4 Å². The summed E-state index contributed by atoms with van der Waals surface area (Å²) in [5, 5.41) is 1.11. The van der Waals surface area contributed by atoms with Gasteiger partial charge in [0, 0.05) is 5.33 Å². The Kier molecular flexibility index (Phi) is 4.90.